The summed E-state index contributed by atoms with van der Waals surface area (Å²) in [5.74, 6) is 1.41. The van der Waals surface area contributed by atoms with Gasteiger partial charge in [0.15, 0.2) is 0 Å². The fraction of sp³-hybridized carbons (Fsp3) is 0.800. The van der Waals surface area contributed by atoms with Crippen LogP contribution < -0.4 is 0 Å². The molecule has 0 unspecified atom stereocenters. The van der Waals surface area contributed by atoms with Gasteiger partial charge < -0.3 is 0 Å². The van der Waals surface area contributed by atoms with E-state index in [1.165, 1.54) is 11.1 Å². The molecule has 0 aliphatic carbocycles. The molecule has 0 saturated heterocycles. The molecule has 0 atom stereocenters. The Hall–Kier alpha value is 1.28. The molecule has 0 rings (SSSR count). The normalized spacial score (nSPS) is 12.9. The zero-order valence-corrected chi connectivity index (χ0v) is 12.9. The zero-order valence-electron chi connectivity index (χ0n) is 8.17. The minimum Gasteiger partial charge on any atom is -0.126 e. The minimum absolute atomic E-state index is 0.705. The van der Waals surface area contributed by atoms with E-state index in [1.54, 1.807) is 0 Å². The smallest absolute Gasteiger partial charge is 0.0260 e. The van der Waals surface area contributed by atoms with E-state index in [-0.39, 0.29) is 0 Å². The van der Waals surface area contributed by atoms with E-state index in [4.69, 9.17) is 23.2 Å². The first kappa shape index (κ1) is 15.3. The van der Waals surface area contributed by atoms with Crippen molar-refractivity contribution in [2.75, 3.05) is 22.4 Å². The van der Waals surface area contributed by atoms with Crippen molar-refractivity contribution in [2.45, 2.75) is 25.7 Å². The largest absolute Gasteiger partial charge is 0.126 e. The van der Waals surface area contributed by atoms with Gasteiger partial charge in [-0.15, -0.1) is 23.2 Å². The Labute approximate surface area is 114 Å². The summed E-state index contributed by atoms with van der Waals surface area (Å²) in [6, 6.07) is 0. The number of halogens is 4. The molecule has 0 amide bonds. The first-order chi connectivity index (χ1) is 6.79. The molecule has 0 aromatic carbocycles. The molecule has 0 aliphatic heterocycles. The van der Waals surface area contributed by atoms with Gasteiger partial charge in [-0.25, -0.2) is 0 Å². The summed E-state index contributed by atoms with van der Waals surface area (Å²) < 4.78 is 0. The van der Waals surface area contributed by atoms with Crippen molar-refractivity contribution in [3.63, 3.8) is 0 Å². The summed E-state index contributed by atoms with van der Waals surface area (Å²) in [6.07, 6.45) is 4.16. The maximum atomic E-state index is 5.78. The molecule has 0 fully saturated rings. The quantitative estimate of drug-likeness (QED) is 0.413. The molecule has 0 nitrogen and oxygen atoms in total. The van der Waals surface area contributed by atoms with Gasteiger partial charge >= 0.3 is 0 Å². The Bertz CT molecular complexity index is 136. The molecule has 0 bridgehead atoms. The number of alkyl halides is 4. The van der Waals surface area contributed by atoms with Gasteiger partial charge in [0.2, 0.25) is 0 Å². The second-order valence-electron chi connectivity index (χ2n) is 2.96. The third-order valence-electron chi connectivity index (χ3n) is 2.09. The van der Waals surface area contributed by atoms with Crippen LogP contribution in [0.2, 0.25) is 0 Å². The first-order valence-corrected chi connectivity index (χ1v) is 8.05. The van der Waals surface area contributed by atoms with Crippen molar-refractivity contribution in [1.82, 2.24) is 0 Å². The Morgan fingerprint density at radius 2 is 1.07 bits per heavy atom. The highest BCUT2D eigenvalue weighted by molar-refractivity contribution is 9.09. The lowest BCUT2D eigenvalue weighted by atomic mass is 9.99. The van der Waals surface area contributed by atoms with Crippen LogP contribution in [0.4, 0.5) is 0 Å². The summed E-state index contributed by atoms with van der Waals surface area (Å²) >= 11 is 18.5. The van der Waals surface area contributed by atoms with Crippen molar-refractivity contribution in [3.8, 4) is 0 Å². The monoisotopic (exact) mass is 364 g/mol. The van der Waals surface area contributed by atoms with Gasteiger partial charge in [0, 0.05) is 22.4 Å². The van der Waals surface area contributed by atoms with E-state index in [0.29, 0.717) is 11.8 Å². The van der Waals surface area contributed by atoms with E-state index >= 15 is 0 Å². The number of hydrogen-bond acceptors (Lipinski definition) is 0. The Kier molecular flexibility index (Phi) is 11.8. The van der Waals surface area contributed by atoms with Crippen LogP contribution >= 0.6 is 55.1 Å². The predicted molar refractivity (Wildman–Crippen MR) is 74.5 cm³/mol. The highest BCUT2D eigenvalue weighted by Gasteiger charge is 2.05. The number of hydrogen-bond donors (Lipinski definition) is 0. The molecule has 0 heterocycles. The van der Waals surface area contributed by atoms with E-state index in [9.17, 15) is 0 Å². The third kappa shape index (κ3) is 6.71. The molecule has 0 radical (unpaired) electrons. The highest BCUT2D eigenvalue weighted by atomic mass is 79.9. The summed E-state index contributed by atoms with van der Waals surface area (Å²) in [4.78, 5) is 0. The Morgan fingerprint density at radius 1 is 0.714 bits per heavy atom. The molecule has 14 heavy (non-hydrogen) atoms. The lowest BCUT2D eigenvalue weighted by molar-refractivity contribution is 0.881. The van der Waals surface area contributed by atoms with Gasteiger partial charge in [0.25, 0.3) is 0 Å². The van der Waals surface area contributed by atoms with Gasteiger partial charge in [-0.2, -0.15) is 0 Å². The second kappa shape index (κ2) is 10.8. The van der Waals surface area contributed by atoms with E-state index in [2.05, 4.69) is 31.9 Å². The van der Waals surface area contributed by atoms with Gasteiger partial charge in [-0.1, -0.05) is 43.0 Å². The van der Waals surface area contributed by atoms with E-state index < -0.39 is 0 Å². The predicted octanol–water partition coefficient (Wildman–Crippen LogP) is 5.11. The highest BCUT2D eigenvalue weighted by Crippen LogP contribution is 2.22. The molecular weight excluding hydrogens is 351 g/mol. The number of rotatable bonds is 8. The fourth-order valence-electron chi connectivity index (χ4n) is 1.41. The molecule has 4 heteroatoms. The molecule has 0 spiro atoms. The van der Waals surface area contributed by atoms with Crippen LogP contribution in [0.5, 0.6) is 0 Å². The van der Waals surface area contributed by atoms with Gasteiger partial charge in [0.1, 0.15) is 0 Å². The molecule has 0 aromatic rings. The van der Waals surface area contributed by atoms with E-state index in [1.807, 2.05) is 0 Å². The van der Waals surface area contributed by atoms with Crippen molar-refractivity contribution in [3.05, 3.63) is 11.1 Å². The van der Waals surface area contributed by atoms with Crippen LogP contribution in [-0.2, 0) is 0 Å². The Morgan fingerprint density at radius 3 is 1.29 bits per heavy atom. The van der Waals surface area contributed by atoms with Crippen LogP contribution in [0, 0.1) is 0 Å². The SMILES string of the molecule is ClCCC(CCBr)=C(CCCl)CCBr. The zero-order chi connectivity index (χ0) is 10.8. The summed E-state index contributed by atoms with van der Waals surface area (Å²) in [5.41, 5.74) is 2.97. The standard InChI is InChI=1S/C10H16Br2Cl2/c11-5-1-9(3-7-13)10(2-6-12)4-8-14/h1-8H2. The fourth-order valence-corrected chi connectivity index (χ4v) is 2.83. The van der Waals surface area contributed by atoms with Crippen molar-refractivity contribution < 1.29 is 0 Å². The van der Waals surface area contributed by atoms with Crippen LogP contribution in [0.25, 0.3) is 0 Å². The molecule has 0 N–H and O–H groups in total. The average molecular weight is 367 g/mol. The maximum Gasteiger partial charge on any atom is 0.0260 e. The van der Waals surface area contributed by atoms with Crippen molar-refractivity contribution >= 4 is 55.1 Å². The summed E-state index contributed by atoms with van der Waals surface area (Å²) in [5, 5.41) is 2.01. The molecule has 84 valence electrons. The molecular formula is C10H16Br2Cl2. The number of allylic oxidation sites excluding steroid dienone is 2. The van der Waals surface area contributed by atoms with Crippen molar-refractivity contribution in [2.24, 2.45) is 0 Å². The second-order valence-corrected chi connectivity index (χ2v) is 5.30. The summed E-state index contributed by atoms with van der Waals surface area (Å²) in [6.45, 7) is 0. The third-order valence-corrected chi connectivity index (χ3v) is 3.26. The van der Waals surface area contributed by atoms with Crippen LogP contribution in [0.15, 0.2) is 11.1 Å². The van der Waals surface area contributed by atoms with Gasteiger partial charge in [-0.3, -0.25) is 0 Å². The maximum absolute atomic E-state index is 5.78. The molecule has 0 aromatic heterocycles. The minimum atomic E-state index is 0.705. The van der Waals surface area contributed by atoms with Crippen LogP contribution in [0.3, 0.4) is 0 Å². The summed E-state index contributed by atoms with van der Waals surface area (Å²) in [7, 11) is 0. The first-order valence-electron chi connectivity index (χ1n) is 4.73. The van der Waals surface area contributed by atoms with Crippen LogP contribution in [0.1, 0.15) is 25.7 Å². The average Bonchev–Trinajstić information content (AvgIpc) is 2.17. The lowest BCUT2D eigenvalue weighted by Crippen LogP contribution is -1.97. The van der Waals surface area contributed by atoms with Gasteiger partial charge in [-0.05, 0) is 25.7 Å². The van der Waals surface area contributed by atoms with E-state index in [0.717, 1.165) is 36.3 Å². The topological polar surface area (TPSA) is 0 Å². The Balaban J connectivity index is 4.45. The lowest BCUT2D eigenvalue weighted by Gasteiger charge is -2.12. The molecule has 0 aliphatic rings. The van der Waals surface area contributed by atoms with Crippen LogP contribution in [-0.4, -0.2) is 22.4 Å². The van der Waals surface area contributed by atoms with Crippen molar-refractivity contribution in [1.29, 1.82) is 0 Å². The van der Waals surface area contributed by atoms with Gasteiger partial charge in [0.05, 0.1) is 0 Å². The molecule has 0 saturated carbocycles.